The van der Waals surface area contributed by atoms with E-state index in [2.05, 4.69) is 4.98 Å². The Morgan fingerprint density at radius 2 is 1.54 bits per heavy atom. The number of benzene rings is 3. The van der Waals surface area contributed by atoms with Gasteiger partial charge >= 0.3 is 0 Å². The Balaban J connectivity index is 1.43. The SMILES string of the molecule is COc1ccc(COc2cc(C(=O)N3CCCc4ncccc43)cc(F)c2OCc2ccc(OC)cc2)cc1. The van der Waals surface area contributed by atoms with Crippen LogP contribution in [0.4, 0.5) is 10.1 Å². The molecule has 200 valence electrons. The summed E-state index contributed by atoms with van der Waals surface area (Å²) in [5, 5.41) is 0. The van der Waals surface area contributed by atoms with Crippen molar-refractivity contribution in [2.45, 2.75) is 26.1 Å². The van der Waals surface area contributed by atoms with Crippen LogP contribution in [0.3, 0.4) is 0 Å². The van der Waals surface area contributed by atoms with Crippen molar-refractivity contribution in [1.29, 1.82) is 0 Å². The molecule has 0 unspecified atom stereocenters. The van der Waals surface area contributed by atoms with Gasteiger partial charge in [0, 0.05) is 18.3 Å². The third-order valence-corrected chi connectivity index (χ3v) is 6.55. The lowest BCUT2D eigenvalue weighted by molar-refractivity contribution is 0.0983. The topological polar surface area (TPSA) is 70.1 Å². The second-order valence-electron chi connectivity index (χ2n) is 9.09. The van der Waals surface area contributed by atoms with Gasteiger partial charge in [-0.05, 0) is 72.5 Å². The fourth-order valence-corrected chi connectivity index (χ4v) is 4.46. The highest BCUT2D eigenvalue weighted by atomic mass is 19.1. The van der Waals surface area contributed by atoms with Gasteiger partial charge in [0.25, 0.3) is 5.91 Å². The number of carbonyl (C=O) groups excluding carboxylic acids is 1. The molecular weight excluding hydrogens is 499 g/mol. The number of anilines is 1. The number of hydrogen-bond donors (Lipinski definition) is 0. The first-order chi connectivity index (χ1) is 19.1. The molecule has 4 aromatic rings. The molecule has 39 heavy (non-hydrogen) atoms. The van der Waals surface area contributed by atoms with E-state index in [0.29, 0.717) is 12.3 Å². The van der Waals surface area contributed by atoms with E-state index in [9.17, 15) is 4.79 Å². The average Bonchev–Trinajstić information content (AvgIpc) is 2.99. The van der Waals surface area contributed by atoms with Gasteiger partial charge in [0.15, 0.2) is 17.3 Å². The number of aryl methyl sites for hydroxylation is 1. The summed E-state index contributed by atoms with van der Waals surface area (Å²) < 4.78 is 37.9. The molecule has 1 amide bonds. The molecule has 1 aromatic heterocycles. The van der Waals surface area contributed by atoms with E-state index < -0.39 is 5.82 Å². The van der Waals surface area contributed by atoms with E-state index in [-0.39, 0.29) is 36.2 Å². The first-order valence-electron chi connectivity index (χ1n) is 12.7. The van der Waals surface area contributed by atoms with Crippen LogP contribution in [0.25, 0.3) is 0 Å². The summed E-state index contributed by atoms with van der Waals surface area (Å²) in [5.41, 5.74) is 3.45. The standard InChI is InChI=1S/C31H29FN2O5/c1-36-24-11-7-21(8-12-24)19-38-29-18-23(31(35)34-16-4-5-27-28(34)6-3-15-33-27)17-26(32)30(29)39-20-22-9-13-25(37-2)14-10-22/h3,6-15,17-18H,4-5,16,19-20H2,1-2H3. The van der Waals surface area contributed by atoms with Crippen LogP contribution in [-0.2, 0) is 19.6 Å². The maximum Gasteiger partial charge on any atom is 0.258 e. The zero-order chi connectivity index (χ0) is 27.2. The molecule has 0 N–H and O–H groups in total. The van der Waals surface area contributed by atoms with Gasteiger partial charge in [-0.25, -0.2) is 4.39 Å². The average molecular weight is 529 g/mol. The minimum absolute atomic E-state index is 0.0587. The molecule has 0 radical (unpaired) electrons. The molecule has 0 saturated heterocycles. The summed E-state index contributed by atoms with van der Waals surface area (Å²) >= 11 is 0. The van der Waals surface area contributed by atoms with E-state index in [1.165, 1.54) is 6.07 Å². The zero-order valence-corrected chi connectivity index (χ0v) is 21.9. The van der Waals surface area contributed by atoms with E-state index in [1.807, 2.05) is 54.6 Å². The van der Waals surface area contributed by atoms with Crippen LogP contribution in [0.5, 0.6) is 23.0 Å². The lowest BCUT2D eigenvalue weighted by Crippen LogP contribution is -2.35. The van der Waals surface area contributed by atoms with Gasteiger partial charge in [-0.1, -0.05) is 24.3 Å². The Hall–Kier alpha value is -4.59. The molecule has 0 fully saturated rings. The predicted octanol–water partition coefficient (Wildman–Crippen LogP) is 5.99. The number of ether oxygens (including phenoxy) is 4. The second kappa shape index (κ2) is 11.9. The number of rotatable bonds is 9. The van der Waals surface area contributed by atoms with Crippen molar-refractivity contribution < 1.29 is 28.1 Å². The van der Waals surface area contributed by atoms with E-state index >= 15 is 4.39 Å². The number of halogens is 1. The normalized spacial score (nSPS) is 12.4. The number of hydrogen-bond acceptors (Lipinski definition) is 6. The summed E-state index contributed by atoms with van der Waals surface area (Å²) in [5.74, 6) is 0.520. The number of carbonyl (C=O) groups is 1. The molecule has 0 saturated carbocycles. The Bertz CT molecular complexity index is 1440. The molecule has 5 rings (SSSR count). The lowest BCUT2D eigenvalue weighted by Gasteiger charge is -2.29. The molecular formula is C31H29FN2O5. The van der Waals surface area contributed by atoms with Crippen LogP contribution >= 0.6 is 0 Å². The van der Waals surface area contributed by atoms with Crippen LogP contribution < -0.4 is 23.8 Å². The van der Waals surface area contributed by atoms with Crippen LogP contribution in [0.15, 0.2) is 79.0 Å². The number of methoxy groups -OCH3 is 2. The van der Waals surface area contributed by atoms with Gasteiger partial charge in [-0.3, -0.25) is 9.78 Å². The molecule has 0 aliphatic carbocycles. The van der Waals surface area contributed by atoms with Crippen LogP contribution in [0, 0.1) is 5.82 Å². The summed E-state index contributed by atoms with van der Waals surface area (Å²) in [4.78, 5) is 19.6. The van der Waals surface area contributed by atoms with Crippen LogP contribution in [0.2, 0.25) is 0 Å². The number of aromatic nitrogens is 1. The summed E-state index contributed by atoms with van der Waals surface area (Å²) in [6.45, 7) is 0.783. The van der Waals surface area contributed by atoms with Gasteiger partial charge in [-0.15, -0.1) is 0 Å². The molecule has 7 nitrogen and oxygen atoms in total. The number of fused-ring (bicyclic) bond motifs is 1. The first kappa shape index (κ1) is 26.0. The molecule has 1 aliphatic rings. The summed E-state index contributed by atoms with van der Waals surface area (Å²) in [6.07, 6.45) is 3.29. The molecule has 8 heteroatoms. The minimum Gasteiger partial charge on any atom is -0.497 e. The number of nitrogens with zero attached hydrogens (tertiary/aromatic N) is 2. The van der Waals surface area contributed by atoms with Crippen molar-refractivity contribution in [3.8, 4) is 23.0 Å². The highest BCUT2D eigenvalue weighted by Gasteiger charge is 2.26. The van der Waals surface area contributed by atoms with Gasteiger partial charge in [-0.2, -0.15) is 0 Å². The fourth-order valence-electron chi connectivity index (χ4n) is 4.46. The van der Waals surface area contributed by atoms with Crippen molar-refractivity contribution in [3.63, 3.8) is 0 Å². The molecule has 0 bridgehead atoms. The molecule has 3 aromatic carbocycles. The lowest BCUT2D eigenvalue weighted by atomic mass is 10.1. The maximum absolute atomic E-state index is 15.6. The Labute approximate surface area is 226 Å². The number of pyridine rings is 1. The maximum atomic E-state index is 15.6. The van der Waals surface area contributed by atoms with Crippen molar-refractivity contribution in [3.05, 3.63) is 107 Å². The number of amides is 1. The summed E-state index contributed by atoms with van der Waals surface area (Å²) in [7, 11) is 3.19. The summed E-state index contributed by atoms with van der Waals surface area (Å²) in [6, 6.07) is 21.1. The first-order valence-corrected chi connectivity index (χ1v) is 12.7. The molecule has 0 spiro atoms. The largest absolute Gasteiger partial charge is 0.497 e. The van der Waals surface area contributed by atoms with Crippen molar-refractivity contribution in [2.24, 2.45) is 0 Å². The van der Waals surface area contributed by atoms with E-state index in [0.717, 1.165) is 41.1 Å². The van der Waals surface area contributed by atoms with E-state index in [1.54, 1.807) is 37.4 Å². The monoisotopic (exact) mass is 528 g/mol. The van der Waals surface area contributed by atoms with Crippen LogP contribution in [-0.4, -0.2) is 31.7 Å². The van der Waals surface area contributed by atoms with E-state index in [4.69, 9.17) is 18.9 Å². The molecule has 0 atom stereocenters. The highest BCUT2D eigenvalue weighted by Crippen LogP contribution is 2.35. The third kappa shape index (κ3) is 5.95. The second-order valence-corrected chi connectivity index (χ2v) is 9.09. The van der Waals surface area contributed by atoms with Gasteiger partial charge in [0.1, 0.15) is 24.7 Å². The molecule has 1 aliphatic heterocycles. The predicted molar refractivity (Wildman–Crippen MR) is 145 cm³/mol. The van der Waals surface area contributed by atoms with Crippen molar-refractivity contribution in [1.82, 2.24) is 4.98 Å². The molecule has 2 heterocycles. The van der Waals surface area contributed by atoms with Crippen molar-refractivity contribution in [2.75, 3.05) is 25.7 Å². The third-order valence-electron chi connectivity index (χ3n) is 6.55. The minimum atomic E-state index is -0.678. The van der Waals surface area contributed by atoms with Gasteiger partial charge < -0.3 is 23.8 Å². The quantitative estimate of drug-likeness (QED) is 0.266. The van der Waals surface area contributed by atoms with Gasteiger partial charge in [0.05, 0.1) is 25.6 Å². The fraction of sp³-hybridized carbons (Fsp3) is 0.226. The Morgan fingerprint density at radius 1 is 0.897 bits per heavy atom. The van der Waals surface area contributed by atoms with Crippen LogP contribution in [0.1, 0.15) is 33.6 Å². The zero-order valence-electron chi connectivity index (χ0n) is 21.9. The van der Waals surface area contributed by atoms with Crippen molar-refractivity contribution >= 4 is 11.6 Å². The smallest absolute Gasteiger partial charge is 0.258 e. The van der Waals surface area contributed by atoms with Gasteiger partial charge in [0.2, 0.25) is 0 Å². The highest BCUT2D eigenvalue weighted by molar-refractivity contribution is 6.07. The Morgan fingerprint density at radius 3 is 2.18 bits per heavy atom. The Kier molecular flexibility index (Phi) is 7.91.